The third-order valence-corrected chi connectivity index (χ3v) is 4.40. The minimum atomic E-state index is -0.769. The van der Waals surface area contributed by atoms with Crippen LogP contribution in [0, 0.1) is 13.8 Å². The van der Waals surface area contributed by atoms with Crippen molar-refractivity contribution in [3.8, 4) is 5.75 Å². The van der Waals surface area contributed by atoms with E-state index < -0.39 is 6.10 Å². The van der Waals surface area contributed by atoms with Crippen molar-refractivity contribution in [3.63, 3.8) is 0 Å². The maximum atomic E-state index is 12.6. The first-order valence-corrected chi connectivity index (χ1v) is 8.57. The van der Waals surface area contributed by atoms with Gasteiger partial charge in [-0.25, -0.2) is 4.79 Å². The minimum absolute atomic E-state index is 0.103. The number of imidazole rings is 1. The fraction of sp³-hybridized carbons (Fsp3) is 0.350. The monoisotopic (exact) mass is 340 g/mol. The fourth-order valence-corrected chi connectivity index (χ4v) is 3.17. The highest BCUT2D eigenvalue weighted by Gasteiger charge is 2.15. The van der Waals surface area contributed by atoms with Gasteiger partial charge in [-0.3, -0.25) is 9.13 Å². The van der Waals surface area contributed by atoms with E-state index in [2.05, 4.69) is 0 Å². The summed E-state index contributed by atoms with van der Waals surface area (Å²) >= 11 is 0. The molecule has 0 unspecified atom stereocenters. The molecule has 1 N–H and O–H groups in total. The highest BCUT2D eigenvalue weighted by atomic mass is 16.5. The van der Waals surface area contributed by atoms with Crippen LogP contribution < -0.4 is 10.4 Å². The van der Waals surface area contributed by atoms with Crippen molar-refractivity contribution < 1.29 is 9.84 Å². The average molecular weight is 340 g/mol. The number of hydrogen-bond donors (Lipinski definition) is 1. The number of nitrogens with zero attached hydrogens (tertiary/aromatic N) is 2. The highest BCUT2D eigenvalue weighted by Crippen LogP contribution is 2.19. The molecule has 3 rings (SSSR count). The van der Waals surface area contributed by atoms with Crippen LogP contribution in [0.5, 0.6) is 5.75 Å². The number of fused-ring (bicyclic) bond motifs is 1. The lowest BCUT2D eigenvalue weighted by Gasteiger charge is -2.15. The van der Waals surface area contributed by atoms with E-state index in [0.717, 1.165) is 22.3 Å². The van der Waals surface area contributed by atoms with E-state index in [1.807, 2.05) is 63.2 Å². The number of benzene rings is 2. The average Bonchev–Trinajstić information content (AvgIpc) is 2.86. The quantitative estimate of drug-likeness (QED) is 0.751. The number of hydrogen-bond acceptors (Lipinski definition) is 3. The third-order valence-electron chi connectivity index (χ3n) is 4.40. The first-order chi connectivity index (χ1) is 12.0. The molecule has 0 saturated heterocycles. The summed E-state index contributed by atoms with van der Waals surface area (Å²) in [6, 6.07) is 13.6. The Morgan fingerprint density at radius 2 is 1.76 bits per heavy atom. The van der Waals surface area contributed by atoms with Gasteiger partial charge in [0.2, 0.25) is 0 Å². The van der Waals surface area contributed by atoms with Crippen LogP contribution in [0.25, 0.3) is 11.0 Å². The zero-order valence-electron chi connectivity index (χ0n) is 14.9. The standard InChI is InChI=1S/C20H24N2O3/c1-4-21-17-7-5-6-8-18(17)22(20(21)24)12-16(23)13-25-19-10-9-14(2)11-15(19)3/h5-11,16,23H,4,12-13H2,1-3H3/t16-/m1/s1. The van der Waals surface area contributed by atoms with Crippen LogP contribution in [0.3, 0.4) is 0 Å². The SMILES string of the molecule is CCn1c(=O)n(C[C@@H](O)COc2ccc(C)cc2C)c2ccccc21. The van der Waals surface area contributed by atoms with Crippen molar-refractivity contribution in [3.05, 3.63) is 64.1 Å². The minimum Gasteiger partial charge on any atom is -0.491 e. The molecule has 0 aliphatic rings. The van der Waals surface area contributed by atoms with Crippen molar-refractivity contribution in [2.24, 2.45) is 0 Å². The number of aryl methyl sites for hydroxylation is 3. The van der Waals surface area contributed by atoms with Gasteiger partial charge in [0.25, 0.3) is 0 Å². The summed E-state index contributed by atoms with van der Waals surface area (Å²) in [7, 11) is 0. The normalized spacial score (nSPS) is 12.5. The summed E-state index contributed by atoms with van der Waals surface area (Å²) in [4.78, 5) is 12.6. The van der Waals surface area contributed by atoms with Crippen LogP contribution >= 0.6 is 0 Å². The van der Waals surface area contributed by atoms with Gasteiger partial charge in [0.05, 0.1) is 17.6 Å². The Morgan fingerprint density at radius 3 is 2.40 bits per heavy atom. The molecule has 1 aromatic heterocycles. The van der Waals surface area contributed by atoms with Gasteiger partial charge < -0.3 is 9.84 Å². The number of ether oxygens (including phenoxy) is 1. The number of aliphatic hydroxyl groups excluding tert-OH is 1. The maximum Gasteiger partial charge on any atom is 0.329 e. The van der Waals surface area contributed by atoms with Gasteiger partial charge in [0.15, 0.2) is 0 Å². The zero-order valence-corrected chi connectivity index (χ0v) is 14.9. The van der Waals surface area contributed by atoms with Crippen molar-refractivity contribution in [2.75, 3.05) is 6.61 Å². The Hall–Kier alpha value is -2.53. The lowest BCUT2D eigenvalue weighted by atomic mass is 10.1. The molecule has 0 amide bonds. The van der Waals surface area contributed by atoms with Gasteiger partial charge >= 0.3 is 5.69 Å². The summed E-state index contributed by atoms with van der Waals surface area (Å²) in [6.07, 6.45) is -0.769. The summed E-state index contributed by atoms with van der Waals surface area (Å²) in [6.45, 7) is 6.90. The van der Waals surface area contributed by atoms with Crippen LogP contribution in [0.2, 0.25) is 0 Å². The van der Waals surface area contributed by atoms with Gasteiger partial charge in [-0.2, -0.15) is 0 Å². The van der Waals surface area contributed by atoms with E-state index in [9.17, 15) is 9.90 Å². The van der Waals surface area contributed by atoms with E-state index in [-0.39, 0.29) is 18.8 Å². The highest BCUT2D eigenvalue weighted by molar-refractivity contribution is 5.75. The van der Waals surface area contributed by atoms with Crippen molar-refractivity contribution in [2.45, 2.75) is 40.0 Å². The summed E-state index contributed by atoms with van der Waals surface area (Å²) in [5.41, 5.74) is 3.82. The molecule has 0 aliphatic carbocycles. The molecule has 0 fully saturated rings. The van der Waals surface area contributed by atoms with E-state index in [4.69, 9.17) is 4.74 Å². The van der Waals surface area contributed by atoms with Crippen LogP contribution in [-0.4, -0.2) is 27.0 Å². The number of aliphatic hydroxyl groups is 1. The summed E-state index contributed by atoms with van der Waals surface area (Å²) in [5.74, 6) is 0.757. The fourth-order valence-electron chi connectivity index (χ4n) is 3.17. The predicted octanol–water partition coefficient (Wildman–Crippen LogP) is 2.88. The van der Waals surface area contributed by atoms with E-state index in [1.165, 1.54) is 5.56 Å². The number of rotatable bonds is 6. The van der Waals surface area contributed by atoms with Crippen molar-refractivity contribution in [1.29, 1.82) is 0 Å². The lowest BCUT2D eigenvalue weighted by Crippen LogP contribution is -2.31. The van der Waals surface area contributed by atoms with Gasteiger partial charge in [0.1, 0.15) is 18.5 Å². The maximum absolute atomic E-state index is 12.6. The molecular weight excluding hydrogens is 316 g/mol. The summed E-state index contributed by atoms with van der Waals surface area (Å²) < 4.78 is 9.07. The molecule has 0 bridgehead atoms. The first kappa shape index (κ1) is 17.3. The van der Waals surface area contributed by atoms with Gasteiger partial charge in [-0.05, 0) is 44.5 Å². The Bertz CT molecular complexity index is 940. The predicted molar refractivity (Wildman–Crippen MR) is 99.3 cm³/mol. The van der Waals surface area contributed by atoms with Gasteiger partial charge in [-0.15, -0.1) is 0 Å². The number of para-hydroxylation sites is 2. The van der Waals surface area contributed by atoms with Crippen LogP contribution in [0.1, 0.15) is 18.1 Å². The Labute approximate surface area is 147 Å². The zero-order chi connectivity index (χ0) is 18.0. The second-order valence-electron chi connectivity index (χ2n) is 6.36. The van der Waals surface area contributed by atoms with Crippen LogP contribution in [0.15, 0.2) is 47.3 Å². The Balaban J connectivity index is 1.77. The molecule has 3 aromatic rings. The molecule has 5 heteroatoms. The molecule has 1 atom stereocenters. The number of aromatic nitrogens is 2. The van der Waals surface area contributed by atoms with E-state index in [1.54, 1.807) is 9.13 Å². The van der Waals surface area contributed by atoms with Crippen LogP contribution in [0.4, 0.5) is 0 Å². The van der Waals surface area contributed by atoms with Crippen molar-refractivity contribution >= 4 is 11.0 Å². The van der Waals surface area contributed by atoms with Gasteiger partial charge in [-0.1, -0.05) is 29.8 Å². The van der Waals surface area contributed by atoms with Crippen LogP contribution in [-0.2, 0) is 13.1 Å². The second-order valence-corrected chi connectivity index (χ2v) is 6.36. The Kier molecular flexibility index (Phi) is 4.95. The van der Waals surface area contributed by atoms with E-state index >= 15 is 0 Å². The molecule has 0 saturated carbocycles. The molecule has 1 heterocycles. The first-order valence-electron chi connectivity index (χ1n) is 8.57. The molecule has 5 nitrogen and oxygen atoms in total. The Morgan fingerprint density at radius 1 is 1.08 bits per heavy atom. The smallest absolute Gasteiger partial charge is 0.329 e. The summed E-state index contributed by atoms with van der Waals surface area (Å²) in [5, 5.41) is 10.4. The molecule has 132 valence electrons. The molecule has 0 spiro atoms. The topological polar surface area (TPSA) is 56.4 Å². The van der Waals surface area contributed by atoms with Gasteiger partial charge in [0, 0.05) is 6.54 Å². The second kappa shape index (κ2) is 7.15. The largest absolute Gasteiger partial charge is 0.491 e. The molecular formula is C20H24N2O3. The van der Waals surface area contributed by atoms with E-state index in [0.29, 0.717) is 6.54 Å². The molecule has 0 aliphatic heterocycles. The third kappa shape index (κ3) is 3.46. The molecule has 0 radical (unpaired) electrons. The molecule has 25 heavy (non-hydrogen) atoms. The lowest BCUT2D eigenvalue weighted by molar-refractivity contribution is 0.0921. The van der Waals surface area contributed by atoms with Crippen molar-refractivity contribution in [1.82, 2.24) is 9.13 Å². The molecule has 2 aromatic carbocycles.